The molecule has 0 bridgehead atoms. The first-order chi connectivity index (χ1) is 11.6. The molecule has 24 heavy (non-hydrogen) atoms. The zero-order chi connectivity index (χ0) is 16.7. The molecule has 4 rings (SSSR count). The summed E-state index contributed by atoms with van der Waals surface area (Å²) in [6.45, 7) is 6.39. The van der Waals surface area contributed by atoms with Crippen LogP contribution in [0.5, 0.6) is 0 Å². The highest BCUT2D eigenvalue weighted by Gasteiger charge is 2.43. The van der Waals surface area contributed by atoms with E-state index in [2.05, 4.69) is 31.9 Å². The first-order valence-electron chi connectivity index (χ1n) is 9.10. The number of likely N-dealkylation sites (tertiary alicyclic amines) is 1. The third-order valence-corrected chi connectivity index (χ3v) is 5.98. The highest BCUT2D eigenvalue weighted by Crippen LogP contribution is 2.35. The van der Waals surface area contributed by atoms with E-state index >= 15 is 0 Å². The predicted molar refractivity (Wildman–Crippen MR) is 89.8 cm³/mol. The Kier molecular flexibility index (Phi) is 3.98. The van der Waals surface area contributed by atoms with Crippen LogP contribution in [-0.4, -0.2) is 71.2 Å². The second-order valence-electron chi connectivity index (χ2n) is 7.71. The van der Waals surface area contributed by atoms with Gasteiger partial charge in [-0.3, -0.25) is 9.69 Å². The van der Waals surface area contributed by atoms with Crippen molar-refractivity contribution in [3.8, 4) is 0 Å². The first-order valence-corrected chi connectivity index (χ1v) is 9.10. The number of hydrogen-bond acceptors (Lipinski definition) is 6. The number of hydrogen-bond donors (Lipinski definition) is 0. The van der Waals surface area contributed by atoms with Crippen molar-refractivity contribution in [1.82, 2.24) is 19.9 Å². The van der Waals surface area contributed by atoms with Gasteiger partial charge in [-0.05, 0) is 43.8 Å². The van der Waals surface area contributed by atoms with Gasteiger partial charge in [0.15, 0.2) is 0 Å². The molecule has 2 saturated heterocycles. The maximum Gasteiger partial charge on any atom is 0.266 e. The number of likely N-dealkylation sites (N-methyl/N-ethyl adjacent to an activating group) is 1. The average molecular weight is 333 g/mol. The molecule has 1 amide bonds. The molecule has 3 aliphatic rings. The molecule has 3 fully saturated rings. The molecule has 1 spiro atoms. The Bertz CT molecular complexity index is 614. The van der Waals surface area contributed by atoms with Crippen LogP contribution in [0.3, 0.4) is 0 Å². The summed E-state index contributed by atoms with van der Waals surface area (Å²) >= 11 is 0. The van der Waals surface area contributed by atoms with Crippen molar-refractivity contribution < 1.29 is 9.32 Å². The summed E-state index contributed by atoms with van der Waals surface area (Å²) in [4.78, 5) is 23.7. The summed E-state index contributed by atoms with van der Waals surface area (Å²) < 4.78 is 5.15. The molecular formula is C17H27N5O2. The van der Waals surface area contributed by atoms with Crippen molar-refractivity contribution in [1.29, 1.82) is 0 Å². The Labute approximate surface area is 143 Å². The van der Waals surface area contributed by atoms with Gasteiger partial charge in [-0.1, -0.05) is 0 Å². The molecule has 1 atom stereocenters. The largest absolute Gasteiger partial charge is 0.342 e. The zero-order valence-electron chi connectivity index (χ0n) is 14.7. The van der Waals surface area contributed by atoms with E-state index in [0.717, 1.165) is 51.5 Å². The van der Waals surface area contributed by atoms with Crippen LogP contribution in [0.15, 0.2) is 4.52 Å². The quantitative estimate of drug-likeness (QED) is 0.830. The van der Waals surface area contributed by atoms with E-state index in [9.17, 15) is 4.79 Å². The van der Waals surface area contributed by atoms with Gasteiger partial charge in [-0.25, -0.2) is 0 Å². The molecule has 1 saturated carbocycles. The molecule has 1 unspecified atom stereocenters. The Morgan fingerprint density at radius 3 is 2.79 bits per heavy atom. The lowest BCUT2D eigenvalue weighted by Gasteiger charge is -2.49. The summed E-state index contributed by atoms with van der Waals surface area (Å²) in [5.74, 6) is 2.38. The van der Waals surface area contributed by atoms with Crippen molar-refractivity contribution >= 4 is 11.9 Å². The molecule has 1 aliphatic carbocycles. The molecule has 7 heteroatoms. The second kappa shape index (κ2) is 6.02. The van der Waals surface area contributed by atoms with Gasteiger partial charge in [0.05, 0.1) is 0 Å². The van der Waals surface area contributed by atoms with Gasteiger partial charge in [0.2, 0.25) is 11.8 Å². The van der Waals surface area contributed by atoms with Crippen molar-refractivity contribution in [3.63, 3.8) is 0 Å². The minimum atomic E-state index is 0.0285. The number of aromatic nitrogens is 2. The fraction of sp³-hybridized carbons (Fsp3) is 0.824. The van der Waals surface area contributed by atoms with Crippen LogP contribution >= 0.6 is 0 Å². The summed E-state index contributed by atoms with van der Waals surface area (Å²) in [6.07, 6.45) is 5.17. The normalized spacial score (nSPS) is 29.3. The van der Waals surface area contributed by atoms with E-state index in [1.54, 1.807) is 0 Å². The van der Waals surface area contributed by atoms with Gasteiger partial charge in [0.1, 0.15) is 0 Å². The standard InChI is InChI=1S/C17H27N5O2/c1-13-18-16(19-24-13)22-10-9-20(2)17(12-22)6-5-15(23)21(8-7-17)11-14-3-4-14/h14H,3-12H2,1-2H3. The Morgan fingerprint density at radius 1 is 1.25 bits per heavy atom. The third-order valence-electron chi connectivity index (χ3n) is 5.98. The van der Waals surface area contributed by atoms with E-state index in [-0.39, 0.29) is 5.54 Å². The molecule has 0 radical (unpaired) electrons. The Morgan fingerprint density at radius 2 is 2.08 bits per heavy atom. The number of amides is 1. The van der Waals surface area contributed by atoms with Crippen molar-refractivity contribution in [2.45, 2.75) is 44.6 Å². The number of carbonyl (C=O) groups is 1. The van der Waals surface area contributed by atoms with Gasteiger partial charge in [0.25, 0.3) is 5.95 Å². The lowest BCUT2D eigenvalue weighted by atomic mass is 9.86. The van der Waals surface area contributed by atoms with E-state index < -0.39 is 0 Å². The smallest absolute Gasteiger partial charge is 0.266 e. The van der Waals surface area contributed by atoms with Gasteiger partial charge in [0, 0.05) is 51.6 Å². The number of carbonyl (C=O) groups excluding carboxylic acids is 1. The number of nitrogens with zero attached hydrogens (tertiary/aromatic N) is 5. The minimum absolute atomic E-state index is 0.0285. The van der Waals surface area contributed by atoms with E-state index in [1.807, 2.05) is 6.92 Å². The summed E-state index contributed by atoms with van der Waals surface area (Å²) in [7, 11) is 2.19. The molecule has 0 N–H and O–H groups in total. The van der Waals surface area contributed by atoms with Gasteiger partial charge in [-0.15, -0.1) is 0 Å². The van der Waals surface area contributed by atoms with Crippen LogP contribution in [0, 0.1) is 12.8 Å². The number of aryl methyl sites for hydroxylation is 1. The van der Waals surface area contributed by atoms with Crippen LogP contribution in [-0.2, 0) is 4.79 Å². The fourth-order valence-corrected chi connectivity index (χ4v) is 4.09. The Hall–Kier alpha value is -1.63. The van der Waals surface area contributed by atoms with Crippen molar-refractivity contribution in [3.05, 3.63) is 5.89 Å². The van der Waals surface area contributed by atoms with Crippen LogP contribution in [0.2, 0.25) is 0 Å². The van der Waals surface area contributed by atoms with Crippen LogP contribution in [0.25, 0.3) is 0 Å². The molecule has 132 valence electrons. The average Bonchev–Trinajstić information content (AvgIpc) is 3.31. The highest BCUT2D eigenvalue weighted by atomic mass is 16.5. The SMILES string of the molecule is Cc1nc(N2CCN(C)C3(CCC(=O)N(CC4CC4)CC3)C2)no1. The van der Waals surface area contributed by atoms with Crippen LogP contribution in [0.1, 0.15) is 38.0 Å². The lowest BCUT2D eigenvalue weighted by molar-refractivity contribution is -0.130. The number of piperazine rings is 1. The van der Waals surface area contributed by atoms with Gasteiger partial charge < -0.3 is 14.3 Å². The molecule has 0 aromatic carbocycles. The molecule has 2 aliphatic heterocycles. The number of rotatable bonds is 3. The fourth-order valence-electron chi connectivity index (χ4n) is 4.09. The molecular weight excluding hydrogens is 306 g/mol. The van der Waals surface area contributed by atoms with Crippen molar-refractivity contribution in [2.75, 3.05) is 44.7 Å². The zero-order valence-corrected chi connectivity index (χ0v) is 14.7. The van der Waals surface area contributed by atoms with Crippen molar-refractivity contribution in [2.24, 2.45) is 5.92 Å². The molecule has 1 aromatic heterocycles. The summed E-state index contributed by atoms with van der Waals surface area (Å²) in [6, 6.07) is 0. The molecule has 7 nitrogen and oxygen atoms in total. The van der Waals surface area contributed by atoms with E-state index in [1.165, 1.54) is 12.8 Å². The maximum absolute atomic E-state index is 12.5. The maximum atomic E-state index is 12.5. The minimum Gasteiger partial charge on any atom is -0.342 e. The van der Waals surface area contributed by atoms with Crippen LogP contribution < -0.4 is 4.90 Å². The van der Waals surface area contributed by atoms with E-state index in [0.29, 0.717) is 24.2 Å². The monoisotopic (exact) mass is 333 g/mol. The molecule has 1 aromatic rings. The Balaban J connectivity index is 1.50. The van der Waals surface area contributed by atoms with Gasteiger partial charge in [-0.2, -0.15) is 4.98 Å². The summed E-state index contributed by atoms with van der Waals surface area (Å²) in [5, 5.41) is 4.09. The number of anilines is 1. The van der Waals surface area contributed by atoms with Gasteiger partial charge >= 0.3 is 0 Å². The third kappa shape index (κ3) is 3.01. The molecule has 3 heterocycles. The highest BCUT2D eigenvalue weighted by molar-refractivity contribution is 5.76. The second-order valence-corrected chi connectivity index (χ2v) is 7.71. The topological polar surface area (TPSA) is 65.7 Å². The van der Waals surface area contributed by atoms with E-state index in [4.69, 9.17) is 4.52 Å². The summed E-state index contributed by atoms with van der Waals surface area (Å²) in [5.41, 5.74) is 0.0285. The van der Waals surface area contributed by atoms with Crippen LogP contribution in [0.4, 0.5) is 5.95 Å². The first kappa shape index (κ1) is 15.9. The predicted octanol–water partition coefficient (Wildman–Crippen LogP) is 1.29. The lowest BCUT2D eigenvalue weighted by Crippen LogP contribution is -2.61.